The number of amides is 1. The zero-order chi connectivity index (χ0) is 16.5. The largest absolute Gasteiger partial charge is 0.356 e. The van der Waals surface area contributed by atoms with Crippen LogP contribution in [0.15, 0.2) is 54.6 Å². The molecule has 0 saturated heterocycles. The van der Waals surface area contributed by atoms with Crippen LogP contribution >= 0.6 is 0 Å². The molecule has 0 aliphatic rings. The van der Waals surface area contributed by atoms with E-state index in [0.717, 1.165) is 18.4 Å². The highest BCUT2D eigenvalue weighted by Crippen LogP contribution is 2.11. The Morgan fingerprint density at radius 3 is 2.35 bits per heavy atom. The minimum absolute atomic E-state index is 0.0301. The summed E-state index contributed by atoms with van der Waals surface area (Å²) in [5, 5.41) is 2.88. The Kier molecular flexibility index (Phi) is 6.55. The van der Waals surface area contributed by atoms with E-state index in [-0.39, 0.29) is 24.5 Å². The maximum atomic E-state index is 12.1. The highest BCUT2D eigenvalue weighted by molar-refractivity contribution is 5.99. The van der Waals surface area contributed by atoms with Gasteiger partial charge in [0.05, 0.1) is 0 Å². The van der Waals surface area contributed by atoms with Crippen LogP contribution in [0.1, 0.15) is 40.7 Å². The van der Waals surface area contributed by atoms with Gasteiger partial charge in [0, 0.05) is 24.9 Å². The predicted molar refractivity (Wildman–Crippen MR) is 92.5 cm³/mol. The van der Waals surface area contributed by atoms with E-state index in [4.69, 9.17) is 0 Å². The molecule has 0 atom stereocenters. The number of hydrogen-bond donors (Lipinski definition) is 1. The van der Waals surface area contributed by atoms with Gasteiger partial charge in [-0.25, -0.2) is 0 Å². The van der Waals surface area contributed by atoms with Crippen molar-refractivity contribution in [2.24, 2.45) is 0 Å². The Bertz CT molecular complexity index is 650. The molecule has 0 fully saturated rings. The topological polar surface area (TPSA) is 46.2 Å². The number of rotatable bonds is 8. The maximum absolute atomic E-state index is 12.1. The lowest BCUT2D eigenvalue weighted by Gasteiger charge is -2.06. The first-order valence-corrected chi connectivity index (χ1v) is 8.06. The van der Waals surface area contributed by atoms with Gasteiger partial charge in [0.25, 0.3) is 0 Å². The summed E-state index contributed by atoms with van der Waals surface area (Å²) in [5.41, 5.74) is 2.95. The normalized spacial score (nSPS) is 10.3. The average Bonchev–Trinajstić information content (AvgIpc) is 2.58. The van der Waals surface area contributed by atoms with E-state index in [0.29, 0.717) is 12.1 Å². The molecule has 1 N–H and O–H groups in total. The second-order valence-electron chi connectivity index (χ2n) is 5.68. The first-order valence-electron chi connectivity index (χ1n) is 8.06. The Morgan fingerprint density at radius 1 is 0.913 bits per heavy atom. The first kappa shape index (κ1) is 16.9. The van der Waals surface area contributed by atoms with Crippen LogP contribution in [0, 0.1) is 6.92 Å². The van der Waals surface area contributed by atoms with Crippen LogP contribution in [0.3, 0.4) is 0 Å². The summed E-state index contributed by atoms with van der Waals surface area (Å²) in [7, 11) is 0. The molecule has 0 spiro atoms. The van der Waals surface area contributed by atoms with Crippen molar-refractivity contribution in [2.75, 3.05) is 6.54 Å². The van der Waals surface area contributed by atoms with Gasteiger partial charge in [-0.15, -0.1) is 0 Å². The molecule has 2 aromatic rings. The number of benzene rings is 2. The molecule has 2 aromatic carbocycles. The van der Waals surface area contributed by atoms with Crippen LogP contribution in [0.5, 0.6) is 0 Å². The van der Waals surface area contributed by atoms with Crippen molar-refractivity contribution < 1.29 is 9.59 Å². The summed E-state index contributed by atoms with van der Waals surface area (Å²) in [6.45, 7) is 2.56. The zero-order valence-corrected chi connectivity index (χ0v) is 13.5. The van der Waals surface area contributed by atoms with Gasteiger partial charge in [-0.3, -0.25) is 9.59 Å². The summed E-state index contributed by atoms with van der Waals surface area (Å²) >= 11 is 0. The monoisotopic (exact) mass is 309 g/mol. The number of Topliss-reactive ketones (excluding diaryl/α,β-unsaturated/α-hetero) is 1. The Morgan fingerprint density at radius 2 is 1.61 bits per heavy atom. The third-order valence-corrected chi connectivity index (χ3v) is 3.83. The van der Waals surface area contributed by atoms with E-state index >= 15 is 0 Å². The van der Waals surface area contributed by atoms with Gasteiger partial charge in [0.1, 0.15) is 0 Å². The van der Waals surface area contributed by atoms with Crippen LogP contribution in [0.4, 0.5) is 0 Å². The van der Waals surface area contributed by atoms with E-state index < -0.39 is 0 Å². The van der Waals surface area contributed by atoms with Crippen molar-refractivity contribution in [1.29, 1.82) is 0 Å². The average molecular weight is 309 g/mol. The number of aryl methyl sites for hydroxylation is 2. The summed E-state index contributed by atoms with van der Waals surface area (Å²) < 4.78 is 0. The third-order valence-electron chi connectivity index (χ3n) is 3.83. The minimum Gasteiger partial charge on any atom is -0.356 e. The van der Waals surface area contributed by atoms with Gasteiger partial charge in [0.15, 0.2) is 5.78 Å². The lowest BCUT2D eigenvalue weighted by Crippen LogP contribution is -2.25. The second kappa shape index (κ2) is 8.89. The number of ketones is 1. The molecule has 0 heterocycles. The molecule has 0 aliphatic heterocycles. The van der Waals surface area contributed by atoms with Crippen LogP contribution in [-0.4, -0.2) is 18.2 Å². The Hall–Kier alpha value is -2.42. The highest BCUT2D eigenvalue weighted by atomic mass is 16.2. The molecule has 1 amide bonds. The lowest BCUT2D eigenvalue weighted by atomic mass is 10.0. The van der Waals surface area contributed by atoms with Crippen LogP contribution in [0.2, 0.25) is 0 Å². The van der Waals surface area contributed by atoms with Gasteiger partial charge in [-0.2, -0.15) is 0 Å². The fourth-order valence-electron chi connectivity index (χ4n) is 2.50. The van der Waals surface area contributed by atoms with Gasteiger partial charge < -0.3 is 5.32 Å². The van der Waals surface area contributed by atoms with Gasteiger partial charge in [-0.05, 0) is 30.9 Å². The highest BCUT2D eigenvalue weighted by Gasteiger charge is 2.10. The SMILES string of the molecule is Cc1ccccc1C(=O)CCC(=O)NCCCc1ccccc1. The van der Waals surface area contributed by atoms with Crippen molar-refractivity contribution in [2.45, 2.75) is 32.6 Å². The van der Waals surface area contributed by atoms with E-state index in [1.165, 1.54) is 5.56 Å². The molecule has 23 heavy (non-hydrogen) atoms. The smallest absolute Gasteiger partial charge is 0.220 e. The zero-order valence-electron chi connectivity index (χ0n) is 13.5. The fraction of sp³-hybridized carbons (Fsp3) is 0.300. The quantitative estimate of drug-likeness (QED) is 0.597. The van der Waals surface area contributed by atoms with E-state index in [1.54, 1.807) is 0 Å². The first-order chi connectivity index (χ1) is 11.2. The van der Waals surface area contributed by atoms with Crippen molar-refractivity contribution in [3.8, 4) is 0 Å². The molecule has 0 aliphatic carbocycles. The number of hydrogen-bond acceptors (Lipinski definition) is 2. The summed E-state index contributed by atoms with van der Waals surface area (Å²) in [6, 6.07) is 17.7. The minimum atomic E-state index is -0.0556. The molecule has 3 nitrogen and oxygen atoms in total. The summed E-state index contributed by atoms with van der Waals surface area (Å²) in [4.78, 5) is 23.9. The molecule has 120 valence electrons. The Labute approximate surface area is 137 Å². The fourth-order valence-corrected chi connectivity index (χ4v) is 2.50. The molecule has 0 radical (unpaired) electrons. The molecule has 3 heteroatoms. The lowest BCUT2D eigenvalue weighted by molar-refractivity contribution is -0.121. The molecule has 0 bridgehead atoms. The van der Waals surface area contributed by atoms with Gasteiger partial charge in [-0.1, -0.05) is 54.6 Å². The van der Waals surface area contributed by atoms with Gasteiger partial charge in [0.2, 0.25) is 5.91 Å². The number of carbonyl (C=O) groups is 2. The molecule has 0 unspecified atom stereocenters. The molecule has 0 saturated carbocycles. The van der Waals surface area contributed by atoms with Crippen molar-refractivity contribution >= 4 is 11.7 Å². The number of nitrogens with one attached hydrogen (secondary N) is 1. The Balaban J connectivity index is 1.65. The maximum Gasteiger partial charge on any atom is 0.220 e. The number of carbonyl (C=O) groups excluding carboxylic acids is 2. The van der Waals surface area contributed by atoms with Crippen LogP contribution in [-0.2, 0) is 11.2 Å². The van der Waals surface area contributed by atoms with Crippen molar-refractivity contribution in [3.63, 3.8) is 0 Å². The standard InChI is InChI=1S/C20H23NO2/c1-16-8-5-6-12-18(16)19(22)13-14-20(23)21-15-7-11-17-9-3-2-4-10-17/h2-6,8-10,12H,7,11,13-15H2,1H3,(H,21,23). The van der Waals surface area contributed by atoms with E-state index in [2.05, 4.69) is 17.4 Å². The third kappa shape index (κ3) is 5.70. The van der Waals surface area contributed by atoms with Crippen molar-refractivity contribution in [3.05, 3.63) is 71.3 Å². The molecule has 0 aromatic heterocycles. The van der Waals surface area contributed by atoms with Crippen LogP contribution < -0.4 is 5.32 Å². The van der Waals surface area contributed by atoms with Crippen molar-refractivity contribution in [1.82, 2.24) is 5.32 Å². The molecular weight excluding hydrogens is 286 g/mol. The van der Waals surface area contributed by atoms with E-state index in [9.17, 15) is 9.59 Å². The van der Waals surface area contributed by atoms with Crippen LogP contribution in [0.25, 0.3) is 0 Å². The molecular formula is C20H23NO2. The van der Waals surface area contributed by atoms with E-state index in [1.807, 2.05) is 49.4 Å². The predicted octanol–water partition coefficient (Wildman–Crippen LogP) is 3.71. The summed E-state index contributed by atoms with van der Waals surface area (Å²) in [5.74, 6) is -0.0254. The van der Waals surface area contributed by atoms with Gasteiger partial charge >= 0.3 is 0 Å². The second-order valence-corrected chi connectivity index (χ2v) is 5.68. The molecule has 2 rings (SSSR count). The summed E-state index contributed by atoms with van der Waals surface area (Å²) in [6.07, 6.45) is 2.36.